The Kier molecular flexibility index (Phi) is 5.43. The normalized spacial score (nSPS) is 12.2. The lowest BCUT2D eigenvalue weighted by atomic mass is 10.2. The first-order chi connectivity index (χ1) is 12.3. The number of nitrogens with one attached hydrogen (secondary N) is 1. The van der Waals surface area contributed by atoms with Gasteiger partial charge in [-0.2, -0.15) is 10.2 Å². The summed E-state index contributed by atoms with van der Waals surface area (Å²) in [6, 6.07) is 5.42. The minimum absolute atomic E-state index is 0.228. The van der Waals surface area contributed by atoms with Crippen LogP contribution in [0.4, 0.5) is 10.2 Å². The van der Waals surface area contributed by atoms with Crippen LogP contribution in [0.1, 0.15) is 24.2 Å². The van der Waals surface area contributed by atoms with E-state index in [1.165, 1.54) is 12.1 Å². The summed E-state index contributed by atoms with van der Waals surface area (Å²) in [6.07, 6.45) is 3.37. The number of nitrogens with zero attached hydrogens (tertiary/aromatic N) is 4. The van der Waals surface area contributed by atoms with Crippen molar-refractivity contribution in [1.82, 2.24) is 19.6 Å². The van der Waals surface area contributed by atoms with Crippen molar-refractivity contribution < 1.29 is 9.18 Å². The number of halogens is 3. The molecule has 1 amide bonds. The molecular weight excluding hydrogens is 425 g/mol. The van der Waals surface area contributed by atoms with Crippen molar-refractivity contribution >= 4 is 39.3 Å². The van der Waals surface area contributed by atoms with E-state index in [-0.39, 0.29) is 11.7 Å². The fourth-order valence-corrected chi connectivity index (χ4v) is 2.98. The zero-order chi connectivity index (χ0) is 18.8. The number of carbonyl (C=O) groups excluding carboxylic acids is 1. The van der Waals surface area contributed by atoms with Crippen molar-refractivity contribution in [3.63, 3.8) is 0 Å². The average Bonchev–Trinajstić information content (AvgIpc) is 3.17. The van der Waals surface area contributed by atoms with E-state index in [2.05, 4.69) is 31.4 Å². The van der Waals surface area contributed by atoms with Crippen LogP contribution in [0.25, 0.3) is 0 Å². The Labute approximate surface area is 163 Å². The maximum Gasteiger partial charge on any atom is 0.250 e. The number of aromatic nitrogens is 4. The van der Waals surface area contributed by atoms with Crippen LogP contribution in [0.2, 0.25) is 5.02 Å². The third-order valence-electron chi connectivity index (χ3n) is 3.97. The van der Waals surface area contributed by atoms with Gasteiger partial charge in [0.15, 0.2) is 5.82 Å². The quantitative estimate of drug-likeness (QED) is 0.647. The molecule has 6 nitrogen and oxygen atoms in total. The molecule has 2 aromatic heterocycles. The molecule has 0 radical (unpaired) electrons. The molecule has 136 valence electrons. The van der Waals surface area contributed by atoms with Gasteiger partial charge >= 0.3 is 0 Å². The van der Waals surface area contributed by atoms with E-state index in [1.54, 1.807) is 40.8 Å². The Morgan fingerprint density at radius 2 is 2.19 bits per heavy atom. The summed E-state index contributed by atoms with van der Waals surface area (Å²) >= 11 is 9.41. The van der Waals surface area contributed by atoms with Crippen LogP contribution in [-0.4, -0.2) is 25.5 Å². The van der Waals surface area contributed by atoms with E-state index in [1.807, 2.05) is 6.92 Å². The molecule has 0 fully saturated rings. The number of amides is 1. The van der Waals surface area contributed by atoms with Crippen molar-refractivity contribution in [2.45, 2.75) is 26.4 Å². The van der Waals surface area contributed by atoms with E-state index >= 15 is 0 Å². The standard InChI is InChI=1S/C17H16BrClFN5O/c1-10-14(18)8-21-25(10)11(2)17(26)22-16-5-6-24(23-16)9-12-3-4-13(20)7-15(12)19/h3-8,11H,9H2,1-2H3,(H,22,23,26). The smallest absolute Gasteiger partial charge is 0.250 e. The molecule has 1 unspecified atom stereocenters. The topological polar surface area (TPSA) is 64.7 Å². The van der Waals surface area contributed by atoms with Gasteiger partial charge < -0.3 is 5.32 Å². The third kappa shape index (κ3) is 3.96. The Balaban J connectivity index is 1.68. The van der Waals surface area contributed by atoms with Crippen LogP contribution >= 0.6 is 27.5 Å². The van der Waals surface area contributed by atoms with Gasteiger partial charge in [0.05, 0.1) is 22.9 Å². The summed E-state index contributed by atoms with van der Waals surface area (Å²) < 4.78 is 17.2. The Morgan fingerprint density at radius 1 is 1.42 bits per heavy atom. The first-order valence-corrected chi connectivity index (χ1v) is 9.00. The highest BCUT2D eigenvalue weighted by Gasteiger charge is 2.19. The highest BCUT2D eigenvalue weighted by atomic mass is 79.9. The van der Waals surface area contributed by atoms with Crippen molar-refractivity contribution in [3.8, 4) is 0 Å². The van der Waals surface area contributed by atoms with Gasteiger partial charge in [0.25, 0.3) is 0 Å². The van der Waals surface area contributed by atoms with Crippen molar-refractivity contribution in [1.29, 1.82) is 0 Å². The molecule has 0 aliphatic rings. The minimum Gasteiger partial charge on any atom is -0.307 e. The molecule has 0 spiro atoms. The van der Waals surface area contributed by atoms with Crippen molar-refractivity contribution in [2.24, 2.45) is 0 Å². The molecule has 9 heteroatoms. The molecule has 2 heterocycles. The molecular formula is C17H16BrClFN5O. The van der Waals surface area contributed by atoms with Gasteiger partial charge in [-0.1, -0.05) is 17.7 Å². The molecule has 26 heavy (non-hydrogen) atoms. The second kappa shape index (κ2) is 7.59. The minimum atomic E-state index is -0.488. The van der Waals surface area contributed by atoms with Gasteiger partial charge in [0, 0.05) is 17.3 Å². The highest BCUT2D eigenvalue weighted by molar-refractivity contribution is 9.10. The molecule has 1 aromatic carbocycles. The SMILES string of the molecule is Cc1c(Br)cnn1C(C)C(=O)Nc1ccn(Cc2ccc(F)cc2Cl)n1. The summed E-state index contributed by atoms with van der Waals surface area (Å²) in [4.78, 5) is 12.4. The zero-order valence-corrected chi connectivity index (χ0v) is 16.4. The highest BCUT2D eigenvalue weighted by Crippen LogP contribution is 2.20. The van der Waals surface area contributed by atoms with Gasteiger partial charge in [-0.15, -0.1) is 0 Å². The number of hydrogen-bond acceptors (Lipinski definition) is 3. The van der Waals surface area contributed by atoms with Gasteiger partial charge in [-0.3, -0.25) is 14.2 Å². The predicted octanol–water partition coefficient (Wildman–Crippen LogP) is 4.19. The third-order valence-corrected chi connectivity index (χ3v) is 5.10. The second-order valence-corrected chi connectivity index (χ2v) is 7.08. The summed E-state index contributed by atoms with van der Waals surface area (Å²) in [5.41, 5.74) is 1.60. The van der Waals surface area contributed by atoms with E-state index < -0.39 is 6.04 Å². The summed E-state index contributed by atoms with van der Waals surface area (Å²) in [6.45, 7) is 4.01. The maximum absolute atomic E-state index is 13.1. The molecule has 1 N–H and O–H groups in total. The summed E-state index contributed by atoms with van der Waals surface area (Å²) in [5, 5.41) is 11.6. The fourth-order valence-electron chi connectivity index (χ4n) is 2.48. The van der Waals surface area contributed by atoms with Crippen LogP contribution in [-0.2, 0) is 11.3 Å². The molecule has 3 aromatic rings. The average molecular weight is 441 g/mol. The Morgan fingerprint density at radius 3 is 2.85 bits per heavy atom. The first kappa shape index (κ1) is 18.6. The van der Waals surface area contributed by atoms with Crippen molar-refractivity contribution in [2.75, 3.05) is 5.32 Å². The molecule has 0 saturated heterocycles. The first-order valence-electron chi connectivity index (χ1n) is 7.83. The number of rotatable bonds is 5. The van der Waals surface area contributed by atoms with Crippen LogP contribution in [0, 0.1) is 12.7 Å². The van der Waals surface area contributed by atoms with Gasteiger partial charge in [0.2, 0.25) is 5.91 Å². The largest absolute Gasteiger partial charge is 0.307 e. The number of carbonyl (C=O) groups is 1. The van der Waals surface area contributed by atoms with Crippen molar-refractivity contribution in [3.05, 3.63) is 63.2 Å². The second-order valence-electron chi connectivity index (χ2n) is 5.82. The lowest BCUT2D eigenvalue weighted by Gasteiger charge is -2.13. The summed E-state index contributed by atoms with van der Waals surface area (Å²) in [5.74, 6) is -0.195. The van der Waals surface area contributed by atoms with Crippen LogP contribution in [0.3, 0.4) is 0 Å². The molecule has 0 aliphatic heterocycles. The van der Waals surface area contributed by atoms with E-state index in [0.717, 1.165) is 15.7 Å². The fraction of sp³-hybridized carbons (Fsp3) is 0.235. The van der Waals surface area contributed by atoms with Gasteiger partial charge in [-0.05, 0) is 47.5 Å². The van der Waals surface area contributed by atoms with E-state index in [9.17, 15) is 9.18 Å². The lowest BCUT2D eigenvalue weighted by Crippen LogP contribution is -2.25. The lowest BCUT2D eigenvalue weighted by molar-refractivity contribution is -0.119. The maximum atomic E-state index is 13.1. The molecule has 0 aliphatic carbocycles. The number of anilines is 1. The van der Waals surface area contributed by atoms with E-state index in [4.69, 9.17) is 11.6 Å². The molecule has 0 bridgehead atoms. The number of hydrogen-bond donors (Lipinski definition) is 1. The zero-order valence-electron chi connectivity index (χ0n) is 14.1. The Hall–Kier alpha value is -2.19. The molecule has 0 saturated carbocycles. The van der Waals surface area contributed by atoms with Crippen LogP contribution in [0.15, 0.2) is 41.1 Å². The predicted molar refractivity (Wildman–Crippen MR) is 101 cm³/mol. The van der Waals surface area contributed by atoms with Crippen LogP contribution < -0.4 is 5.32 Å². The van der Waals surface area contributed by atoms with Gasteiger partial charge in [-0.25, -0.2) is 4.39 Å². The monoisotopic (exact) mass is 439 g/mol. The van der Waals surface area contributed by atoms with E-state index in [0.29, 0.717) is 17.4 Å². The summed E-state index contributed by atoms with van der Waals surface area (Å²) in [7, 11) is 0. The number of benzene rings is 1. The van der Waals surface area contributed by atoms with Gasteiger partial charge in [0.1, 0.15) is 11.9 Å². The van der Waals surface area contributed by atoms with Crippen LogP contribution in [0.5, 0.6) is 0 Å². The molecule has 3 rings (SSSR count). The molecule has 1 atom stereocenters. The Bertz CT molecular complexity index is 955.